The lowest BCUT2D eigenvalue weighted by Gasteiger charge is -2.36. The van der Waals surface area contributed by atoms with Crippen molar-refractivity contribution in [2.24, 2.45) is 0 Å². The second-order valence-electron chi connectivity index (χ2n) is 9.02. The Morgan fingerprint density at radius 1 is 0.771 bits per heavy atom. The van der Waals surface area contributed by atoms with Gasteiger partial charge in [-0.1, -0.05) is 54.6 Å². The van der Waals surface area contributed by atoms with Gasteiger partial charge in [-0.25, -0.2) is 9.38 Å². The van der Waals surface area contributed by atoms with Gasteiger partial charge >= 0.3 is 0 Å². The smallest absolute Gasteiger partial charge is 0.254 e. The van der Waals surface area contributed by atoms with Gasteiger partial charge in [-0.15, -0.1) is 10.2 Å². The number of nitrogens with zero attached hydrogens (tertiary/aromatic N) is 6. The summed E-state index contributed by atoms with van der Waals surface area (Å²) < 4.78 is 2.07. The van der Waals surface area contributed by atoms with Crippen LogP contribution in [-0.2, 0) is 0 Å². The molecule has 0 bridgehead atoms. The molecule has 3 aromatic carbocycles. The molecule has 0 aliphatic carbocycles. The van der Waals surface area contributed by atoms with E-state index in [1.165, 1.54) is 0 Å². The summed E-state index contributed by atoms with van der Waals surface area (Å²) in [5, 5.41) is 10.2. The van der Waals surface area contributed by atoms with Gasteiger partial charge in [-0.2, -0.15) is 0 Å². The van der Waals surface area contributed by atoms with Crippen LogP contribution in [0.25, 0.3) is 27.9 Å². The fourth-order valence-corrected chi connectivity index (χ4v) is 4.87. The SMILES string of the molecule is Cc1ccccc1C(=O)N1CCN(c2nc3ccccc3c3nnc(-c4ccccc4C)n23)CC1. The van der Waals surface area contributed by atoms with E-state index in [1.807, 2.05) is 72.5 Å². The number of aryl methyl sites for hydroxylation is 2. The van der Waals surface area contributed by atoms with Crippen molar-refractivity contribution in [2.75, 3.05) is 31.1 Å². The molecule has 0 spiro atoms. The summed E-state index contributed by atoms with van der Waals surface area (Å²) in [6.07, 6.45) is 0. The first-order chi connectivity index (χ1) is 17.1. The number of anilines is 1. The topological polar surface area (TPSA) is 66.6 Å². The molecule has 1 saturated heterocycles. The van der Waals surface area contributed by atoms with Crippen molar-refractivity contribution >= 4 is 28.4 Å². The van der Waals surface area contributed by atoms with Gasteiger partial charge in [0.15, 0.2) is 11.5 Å². The standard InChI is InChI=1S/C28H26N6O/c1-19-9-3-5-11-21(19)25-30-31-26-23-13-7-8-14-24(23)29-28(34(25)26)33-17-15-32(16-18-33)27(35)22-12-6-4-10-20(22)2/h3-14H,15-18H2,1-2H3. The molecule has 3 heterocycles. The van der Waals surface area contributed by atoms with E-state index in [1.54, 1.807) is 0 Å². The van der Waals surface area contributed by atoms with Crippen molar-refractivity contribution in [2.45, 2.75) is 13.8 Å². The van der Waals surface area contributed by atoms with Gasteiger partial charge in [-0.05, 0) is 43.2 Å². The molecular weight excluding hydrogens is 436 g/mol. The highest BCUT2D eigenvalue weighted by Gasteiger charge is 2.27. The van der Waals surface area contributed by atoms with Gasteiger partial charge in [0.2, 0.25) is 5.95 Å². The molecule has 35 heavy (non-hydrogen) atoms. The molecule has 1 amide bonds. The van der Waals surface area contributed by atoms with Crippen LogP contribution in [0.1, 0.15) is 21.5 Å². The Bertz CT molecular complexity index is 1560. The maximum Gasteiger partial charge on any atom is 0.254 e. The van der Waals surface area contributed by atoms with Crippen LogP contribution in [0.15, 0.2) is 72.8 Å². The zero-order valence-electron chi connectivity index (χ0n) is 19.8. The number of aromatic nitrogens is 4. The van der Waals surface area contributed by atoms with Gasteiger partial charge < -0.3 is 9.80 Å². The molecule has 5 aromatic rings. The number of hydrogen-bond donors (Lipinski definition) is 0. The Kier molecular flexibility index (Phi) is 5.17. The number of hydrogen-bond acceptors (Lipinski definition) is 5. The maximum absolute atomic E-state index is 13.2. The number of para-hydroxylation sites is 1. The lowest BCUT2D eigenvalue weighted by molar-refractivity contribution is 0.0745. The van der Waals surface area contributed by atoms with Gasteiger partial charge in [0.1, 0.15) is 0 Å². The fourth-order valence-electron chi connectivity index (χ4n) is 4.87. The molecule has 1 aliphatic rings. The van der Waals surface area contributed by atoms with E-state index in [9.17, 15) is 4.79 Å². The van der Waals surface area contributed by atoms with E-state index in [4.69, 9.17) is 4.98 Å². The van der Waals surface area contributed by atoms with Crippen molar-refractivity contribution < 1.29 is 4.79 Å². The summed E-state index contributed by atoms with van der Waals surface area (Å²) in [6.45, 7) is 6.70. The minimum absolute atomic E-state index is 0.0873. The average molecular weight is 463 g/mol. The first kappa shape index (κ1) is 21.3. The van der Waals surface area contributed by atoms with Crippen LogP contribution >= 0.6 is 0 Å². The summed E-state index contributed by atoms with van der Waals surface area (Å²) in [4.78, 5) is 22.4. The van der Waals surface area contributed by atoms with E-state index in [2.05, 4.69) is 38.6 Å². The molecule has 0 saturated carbocycles. The first-order valence-corrected chi connectivity index (χ1v) is 11.9. The number of carbonyl (C=O) groups excluding carboxylic acids is 1. The molecule has 0 unspecified atom stereocenters. The summed E-state index contributed by atoms with van der Waals surface area (Å²) in [7, 11) is 0. The fraction of sp³-hybridized carbons (Fsp3) is 0.214. The molecule has 2 aromatic heterocycles. The van der Waals surface area contributed by atoms with E-state index in [0.29, 0.717) is 26.2 Å². The molecule has 0 atom stereocenters. The van der Waals surface area contributed by atoms with Gasteiger partial charge in [0.05, 0.1) is 5.52 Å². The van der Waals surface area contributed by atoms with Crippen molar-refractivity contribution in [3.8, 4) is 11.4 Å². The van der Waals surface area contributed by atoms with E-state index >= 15 is 0 Å². The summed E-state index contributed by atoms with van der Waals surface area (Å²) in [5.74, 6) is 1.68. The third kappa shape index (κ3) is 3.60. The lowest BCUT2D eigenvalue weighted by Crippen LogP contribution is -2.49. The quantitative estimate of drug-likeness (QED) is 0.394. The van der Waals surface area contributed by atoms with Crippen molar-refractivity contribution in [1.82, 2.24) is 24.5 Å². The molecule has 0 N–H and O–H groups in total. The summed E-state index contributed by atoms with van der Waals surface area (Å²) >= 11 is 0. The Balaban J connectivity index is 1.40. The van der Waals surface area contributed by atoms with Crippen LogP contribution in [-0.4, -0.2) is 56.6 Å². The van der Waals surface area contributed by atoms with Crippen LogP contribution in [0.4, 0.5) is 5.95 Å². The Morgan fingerprint density at radius 3 is 2.23 bits per heavy atom. The van der Waals surface area contributed by atoms with Crippen LogP contribution in [0.3, 0.4) is 0 Å². The van der Waals surface area contributed by atoms with Crippen LogP contribution < -0.4 is 4.90 Å². The van der Waals surface area contributed by atoms with Crippen molar-refractivity contribution in [3.05, 3.63) is 89.5 Å². The Hall–Kier alpha value is -4.26. The highest BCUT2D eigenvalue weighted by atomic mass is 16.2. The molecule has 7 nitrogen and oxygen atoms in total. The van der Waals surface area contributed by atoms with Crippen molar-refractivity contribution in [3.63, 3.8) is 0 Å². The van der Waals surface area contributed by atoms with Crippen molar-refractivity contribution in [1.29, 1.82) is 0 Å². The Morgan fingerprint density at radius 2 is 1.46 bits per heavy atom. The molecule has 6 rings (SSSR count). The maximum atomic E-state index is 13.2. The largest absolute Gasteiger partial charge is 0.338 e. The number of benzene rings is 3. The van der Waals surface area contributed by atoms with Crippen LogP contribution in [0, 0.1) is 13.8 Å². The summed E-state index contributed by atoms with van der Waals surface area (Å²) in [5.41, 5.74) is 5.62. The Labute approximate surface area is 203 Å². The third-order valence-corrected chi connectivity index (χ3v) is 6.84. The second-order valence-corrected chi connectivity index (χ2v) is 9.02. The highest BCUT2D eigenvalue weighted by Crippen LogP contribution is 2.30. The number of piperazine rings is 1. The summed E-state index contributed by atoms with van der Waals surface area (Å²) in [6, 6.07) is 24.0. The highest BCUT2D eigenvalue weighted by molar-refractivity contribution is 5.96. The van der Waals surface area contributed by atoms with Gasteiger partial charge in [0, 0.05) is 42.7 Å². The van der Waals surface area contributed by atoms with Crippen LogP contribution in [0.5, 0.6) is 0 Å². The number of amides is 1. The monoisotopic (exact) mass is 462 g/mol. The molecule has 1 aliphatic heterocycles. The average Bonchev–Trinajstić information content (AvgIpc) is 3.34. The number of carbonyl (C=O) groups is 1. The molecule has 1 fully saturated rings. The first-order valence-electron chi connectivity index (χ1n) is 11.9. The van der Waals surface area contributed by atoms with E-state index in [0.717, 1.165) is 50.6 Å². The van der Waals surface area contributed by atoms with Crippen LogP contribution in [0.2, 0.25) is 0 Å². The zero-order valence-corrected chi connectivity index (χ0v) is 19.8. The number of fused-ring (bicyclic) bond motifs is 3. The van der Waals surface area contributed by atoms with E-state index in [-0.39, 0.29) is 5.91 Å². The zero-order chi connectivity index (χ0) is 23.9. The van der Waals surface area contributed by atoms with E-state index < -0.39 is 0 Å². The third-order valence-electron chi connectivity index (χ3n) is 6.84. The second kappa shape index (κ2) is 8.51. The van der Waals surface area contributed by atoms with Gasteiger partial charge in [-0.3, -0.25) is 4.79 Å². The normalized spacial score (nSPS) is 14.1. The lowest BCUT2D eigenvalue weighted by atomic mass is 10.1. The molecule has 7 heteroatoms. The number of rotatable bonds is 3. The predicted molar refractivity (Wildman–Crippen MR) is 138 cm³/mol. The predicted octanol–water partition coefficient (Wildman–Crippen LogP) is 4.52. The minimum Gasteiger partial charge on any atom is -0.338 e. The van der Waals surface area contributed by atoms with Gasteiger partial charge in [0.25, 0.3) is 5.91 Å². The minimum atomic E-state index is 0.0873. The molecule has 0 radical (unpaired) electrons. The molecular formula is C28H26N6O. The molecule has 174 valence electrons.